The summed E-state index contributed by atoms with van der Waals surface area (Å²) in [5, 5.41) is 14.5. The van der Waals surface area contributed by atoms with E-state index < -0.39 is 0 Å². The van der Waals surface area contributed by atoms with E-state index in [2.05, 4.69) is 34.6 Å². The van der Waals surface area contributed by atoms with Gasteiger partial charge in [0.2, 0.25) is 0 Å². The molecule has 19 heavy (non-hydrogen) atoms. The van der Waals surface area contributed by atoms with Gasteiger partial charge in [-0.15, -0.1) is 0 Å². The monoisotopic (exact) mass is 263 g/mol. The van der Waals surface area contributed by atoms with Gasteiger partial charge in [0.25, 0.3) is 0 Å². The van der Waals surface area contributed by atoms with Crippen LogP contribution < -0.4 is 0 Å². The van der Waals surface area contributed by atoms with E-state index >= 15 is 0 Å². The Hall–Kier alpha value is -0.870. The van der Waals surface area contributed by atoms with Crippen LogP contribution >= 0.6 is 0 Å². The van der Waals surface area contributed by atoms with Gasteiger partial charge < -0.3 is 5.11 Å². The Morgan fingerprint density at radius 3 is 2.53 bits per heavy atom. The van der Waals surface area contributed by atoms with E-state index in [1.807, 2.05) is 0 Å². The lowest BCUT2D eigenvalue weighted by atomic mass is 10.00. The molecule has 3 heterocycles. The highest BCUT2D eigenvalue weighted by Gasteiger charge is 2.40. The maximum atomic E-state index is 9.87. The van der Waals surface area contributed by atoms with Crippen LogP contribution in [-0.2, 0) is 19.5 Å². The molecule has 0 aromatic carbocycles. The first-order valence-corrected chi connectivity index (χ1v) is 7.70. The van der Waals surface area contributed by atoms with E-state index in [0.29, 0.717) is 12.1 Å². The van der Waals surface area contributed by atoms with Gasteiger partial charge in [0.15, 0.2) is 0 Å². The molecule has 3 rings (SSSR count). The number of aryl methyl sites for hydroxylation is 2. The van der Waals surface area contributed by atoms with Gasteiger partial charge in [0.05, 0.1) is 17.5 Å². The molecule has 0 aliphatic carbocycles. The second-order valence-corrected chi connectivity index (χ2v) is 5.98. The van der Waals surface area contributed by atoms with Crippen molar-refractivity contribution in [3.63, 3.8) is 0 Å². The Kier molecular flexibility index (Phi) is 3.63. The summed E-state index contributed by atoms with van der Waals surface area (Å²) in [6.45, 7) is 6.27. The molecule has 4 heteroatoms. The molecule has 2 aliphatic heterocycles. The molecular weight excluding hydrogens is 238 g/mol. The summed E-state index contributed by atoms with van der Waals surface area (Å²) in [6.07, 6.45) is 5.35. The van der Waals surface area contributed by atoms with Crippen LogP contribution in [0.15, 0.2) is 6.07 Å². The van der Waals surface area contributed by atoms with Crippen molar-refractivity contribution in [3.8, 4) is 0 Å². The molecule has 106 valence electrons. The molecule has 2 saturated heterocycles. The summed E-state index contributed by atoms with van der Waals surface area (Å²) in [7, 11) is 0. The van der Waals surface area contributed by atoms with Crippen molar-refractivity contribution in [1.29, 1.82) is 0 Å². The molecule has 2 unspecified atom stereocenters. The fourth-order valence-electron chi connectivity index (χ4n) is 3.78. The third-order valence-electron chi connectivity index (χ3n) is 4.78. The van der Waals surface area contributed by atoms with Crippen LogP contribution in [0.5, 0.6) is 0 Å². The summed E-state index contributed by atoms with van der Waals surface area (Å²) < 4.78 is 2.14. The van der Waals surface area contributed by atoms with Gasteiger partial charge in [-0.3, -0.25) is 9.58 Å². The van der Waals surface area contributed by atoms with Crippen molar-refractivity contribution < 1.29 is 5.11 Å². The Morgan fingerprint density at radius 1 is 1.26 bits per heavy atom. The first-order valence-electron chi connectivity index (χ1n) is 7.70. The molecule has 1 aromatic heterocycles. The maximum absolute atomic E-state index is 9.87. The molecule has 0 amide bonds. The quantitative estimate of drug-likeness (QED) is 0.903. The molecule has 1 aromatic rings. The van der Waals surface area contributed by atoms with Crippen molar-refractivity contribution in [3.05, 3.63) is 17.5 Å². The minimum atomic E-state index is -0.0731. The van der Waals surface area contributed by atoms with Gasteiger partial charge in [-0.25, -0.2) is 0 Å². The van der Waals surface area contributed by atoms with Crippen LogP contribution in [-0.4, -0.2) is 38.0 Å². The van der Waals surface area contributed by atoms with E-state index in [4.69, 9.17) is 0 Å². The van der Waals surface area contributed by atoms with E-state index in [-0.39, 0.29) is 6.10 Å². The molecule has 2 fully saturated rings. The molecular formula is C15H25N3O. The number of nitrogens with zero attached hydrogens (tertiary/aromatic N) is 3. The lowest BCUT2D eigenvalue weighted by Crippen LogP contribution is -2.44. The Morgan fingerprint density at radius 2 is 1.95 bits per heavy atom. The fourth-order valence-corrected chi connectivity index (χ4v) is 3.78. The van der Waals surface area contributed by atoms with Gasteiger partial charge >= 0.3 is 0 Å². The zero-order valence-corrected chi connectivity index (χ0v) is 12.0. The summed E-state index contributed by atoms with van der Waals surface area (Å²) in [5.41, 5.74) is 2.54. The van der Waals surface area contributed by atoms with Crippen molar-refractivity contribution >= 4 is 0 Å². The maximum Gasteiger partial charge on any atom is 0.0625 e. The zero-order chi connectivity index (χ0) is 13.4. The van der Waals surface area contributed by atoms with Crippen LogP contribution in [0.2, 0.25) is 0 Å². The van der Waals surface area contributed by atoms with Crippen LogP contribution in [0.3, 0.4) is 0 Å². The Balaban J connectivity index is 1.76. The second kappa shape index (κ2) is 5.25. The summed E-state index contributed by atoms with van der Waals surface area (Å²) >= 11 is 0. The van der Waals surface area contributed by atoms with E-state index in [9.17, 15) is 5.11 Å². The van der Waals surface area contributed by atoms with Crippen molar-refractivity contribution in [2.75, 3.05) is 0 Å². The number of aromatic nitrogens is 2. The van der Waals surface area contributed by atoms with Crippen LogP contribution in [0.25, 0.3) is 0 Å². The average molecular weight is 263 g/mol. The minimum absolute atomic E-state index is 0.0731. The highest BCUT2D eigenvalue weighted by molar-refractivity contribution is 5.12. The van der Waals surface area contributed by atoms with Crippen LogP contribution in [0.4, 0.5) is 0 Å². The number of rotatable bonds is 4. The number of fused-ring (bicyclic) bond motifs is 2. The minimum Gasteiger partial charge on any atom is -0.393 e. The molecule has 4 nitrogen and oxygen atoms in total. The van der Waals surface area contributed by atoms with E-state index in [1.165, 1.54) is 24.2 Å². The third kappa shape index (κ3) is 2.43. The molecule has 0 saturated carbocycles. The molecule has 2 bridgehead atoms. The number of hydrogen-bond donors (Lipinski definition) is 1. The third-order valence-corrected chi connectivity index (χ3v) is 4.78. The van der Waals surface area contributed by atoms with Gasteiger partial charge in [-0.05, 0) is 45.1 Å². The molecule has 2 atom stereocenters. The van der Waals surface area contributed by atoms with Crippen LogP contribution in [0.1, 0.15) is 50.9 Å². The Labute approximate surface area is 115 Å². The zero-order valence-electron chi connectivity index (χ0n) is 12.0. The van der Waals surface area contributed by atoms with Crippen LogP contribution in [0, 0.1) is 0 Å². The predicted octanol–water partition coefficient (Wildman–Crippen LogP) is 1.95. The van der Waals surface area contributed by atoms with Crippen molar-refractivity contribution in [2.24, 2.45) is 0 Å². The summed E-state index contributed by atoms with van der Waals surface area (Å²) in [6, 6.07) is 3.42. The van der Waals surface area contributed by atoms with Crippen molar-refractivity contribution in [1.82, 2.24) is 14.7 Å². The van der Waals surface area contributed by atoms with E-state index in [0.717, 1.165) is 32.4 Å². The number of hydrogen-bond acceptors (Lipinski definition) is 3. The number of aliphatic hydroxyl groups excluding tert-OH is 1. The fraction of sp³-hybridized carbons (Fsp3) is 0.800. The standard InChI is InChI=1S/C15H25N3O/c1-3-11-7-14(18(4-2)16-11)10-17-12-5-6-13(17)9-15(19)8-12/h7,12-13,15,19H,3-6,8-10H2,1-2H3. The number of piperidine rings is 1. The summed E-state index contributed by atoms with van der Waals surface area (Å²) in [5.74, 6) is 0. The summed E-state index contributed by atoms with van der Waals surface area (Å²) in [4.78, 5) is 2.61. The second-order valence-electron chi connectivity index (χ2n) is 5.98. The lowest BCUT2D eigenvalue weighted by Gasteiger charge is -2.37. The largest absolute Gasteiger partial charge is 0.393 e. The first kappa shape index (κ1) is 13.1. The lowest BCUT2D eigenvalue weighted by molar-refractivity contribution is 0.0296. The van der Waals surface area contributed by atoms with Gasteiger partial charge in [0.1, 0.15) is 0 Å². The smallest absolute Gasteiger partial charge is 0.0625 e. The van der Waals surface area contributed by atoms with E-state index in [1.54, 1.807) is 0 Å². The average Bonchev–Trinajstić information content (AvgIpc) is 2.90. The number of aliphatic hydroxyl groups is 1. The topological polar surface area (TPSA) is 41.3 Å². The molecule has 0 spiro atoms. The van der Waals surface area contributed by atoms with Gasteiger partial charge in [-0.2, -0.15) is 5.10 Å². The Bertz CT molecular complexity index is 429. The van der Waals surface area contributed by atoms with Gasteiger partial charge in [-0.1, -0.05) is 6.92 Å². The van der Waals surface area contributed by atoms with Gasteiger partial charge in [0, 0.05) is 25.2 Å². The predicted molar refractivity (Wildman–Crippen MR) is 74.9 cm³/mol. The first-order chi connectivity index (χ1) is 9.21. The SMILES string of the molecule is CCc1cc(CN2C3CCC2CC(O)C3)n(CC)n1. The molecule has 1 N–H and O–H groups in total. The highest BCUT2D eigenvalue weighted by Crippen LogP contribution is 2.36. The van der Waals surface area contributed by atoms with Crippen molar-refractivity contribution in [2.45, 2.75) is 77.2 Å². The highest BCUT2D eigenvalue weighted by atomic mass is 16.3. The molecule has 0 radical (unpaired) electrons. The normalized spacial score (nSPS) is 31.0. The molecule has 2 aliphatic rings.